The second kappa shape index (κ2) is 5.09. The SMILES string of the molecule is O=C(O)c1nccnc1NCC1CCC(O)C1. The standard InChI is InChI=1S/C11H15N3O3/c15-8-2-1-7(5-8)6-14-10-9(11(16)17)12-3-4-13-10/h3-4,7-8,15H,1-2,5-6H2,(H,13,14)(H,16,17). The summed E-state index contributed by atoms with van der Waals surface area (Å²) in [5.74, 6) is -0.429. The van der Waals surface area contributed by atoms with Crippen LogP contribution in [0.4, 0.5) is 5.82 Å². The third-order valence-electron chi connectivity index (χ3n) is 2.97. The first-order valence-corrected chi connectivity index (χ1v) is 5.63. The highest BCUT2D eigenvalue weighted by Crippen LogP contribution is 2.25. The average molecular weight is 237 g/mol. The van der Waals surface area contributed by atoms with Crippen LogP contribution < -0.4 is 5.32 Å². The van der Waals surface area contributed by atoms with E-state index < -0.39 is 5.97 Å². The second-order valence-corrected chi connectivity index (χ2v) is 4.27. The fraction of sp³-hybridized carbons (Fsp3) is 0.545. The molecule has 1 aromatic rings. The lowest BCUT2D eigenvalue weighted by molar-refractivity contribution is 0.0691. The van der Waals surface area contributed by atoms with E-state index in [4.69, 9.17) is 5.11 Å². The number of rotatable bonds is 4. The van der Waals surface area contributed by atoms with Gasteiger partial charge in [0.05, 0.1) is 6.10 Å². The van der Waals surface area contributed by atoms with Gasteiger partial charge in [0.2, 0.25) is 0 Å². The van der Waals surface area contributed by atoms with E-state index in [0.717, 1.165) is 19.3 Å². The Morgan fingerprint density at radius 1 is 1.41 bits per heavy atom. The fourth-order valence-corrected chi connectivity index (χ4v) is 2.10. The fourth-order valence-electron chi connectivity index (χ4n) is 2.10. The molecule has 1 fully saturated rings. The van der Waals surface area contributed by atoms with Crippen LogP contribution in [0.5, 0.6) is 0 Å². The predicted octanol–water partition coefficient (Wildman–Crippen LogP) is 0.748. The Hall–Kier alpha value is -1.69. The summed E-state index contributed by atoms with van der Waals surface area (Å²) in [5, 5.41) is 21.3. The molecule has 1 saturated carbocycles. The number of aliphatic hydroxyl groups is 1. The maximum atomic E-state index is 10.9. The maximum absolute atomic E-state index is 10.9. The monoisotopic (exact) mass is 237 g/mol. The van der Waals surface area contributed by atoms with Crippen LogP contribution in [0.1, 0.15) is 29.8 Å². The van der Waals surface area contributed by atoms with Crippen molar-refractivity contribution in [1.29, 1.82) is 0 Å². The maximum Gasteiger partial charge on any atom is 0.358 e. The van der Waals surface area contributed by atoms with Crippen molar-refractivity contribution in [3.05, 3.63) is 18.1 Å². The van der Waals surface area contributed by atoms with E-state index in [1.165, 1.54) is 12.4 Å². The van der Waals surface area contributed by atoms with E-state index in [1.54, 1.807) is 0 Å². The Balaban J connectivity index is 1.97. The molecular formula is C11H15N3O3. The van der Waals surface area contributed by atoms with Crippen LogP contribution in [0.2, 0.25) is 0 Å². The van der Waals surface area contributed by atoms with Crippen molar-refractivity contribution in [2.45, 2.75) is 25.4 Å². The van der Waals surface area contributed by atoms with Gasteiger partial charge in [0.15, 0.2) is 11.5 Å². The molecule has 6 heteroatoms. The van der Waals surface area contributed by atoms with E-state index in [1.807, 2.05) is 0 Å². The normalized spacial score (nSPS) is 23.6. The smallest absolute Gasteiger partial charge is 0.358 e. The number of carboxylic acids is 1. The van der Waals surface area contributed by atoms with Crippen molar-refractivity contribution in [2.75, 3.05) is 11.9 Å². The summed E-state index contributed by atoms with van der Waals surface area (Å²) < 4.78 is 0. The molecule has 1 heterocycles. The highest BCUT2D eigenvalue weighted by molar-refractivity contribution is 5.90. The van der Waals surface area contributed by atoms with Gasteiger partial charge in [0.1, 0.15) is 0 Å². The lowest BCUT2D eigenvalue weighted by atomic mass is 10.1. The molecule has 3 N–H and O–H groups in total. The third-order valence-corrected chi connectivity index (χ3v) is 2.97. The Labute approximate surface area is 98.7 Å². The second-order valence-electron chi connectivity index (χ2n) is 4.27. The number of aromatic carboxylic acids is 1. The van der Waals surface area contributed by atoms with Crippen LogP contribution >= 0.6 is 0 Å². The molecule has 0 amide bonds. The largest absolute Gasteiger partial charge is 0.476 e. The van der Waals surface area contributed by atoms with Crippen LogP contribution in [0.25, 0.3) is 0 Å². The summed E-state index contributed by atoms with van der Waals surface area (Å²) in [6, 6.07) is 0. The van der Waals surface area contributed by atoms with Crippen molar-refractivity contribution in [2.24, 2.45) is 5.92 Å². The number of carbonyl (C=O) groups is 1. The van der Waals surface area contributed by atoms with Crippen molar-refractivity contribution in [3.63, 3.8) is 0 Å². The van der Waals surface area contributed by atoms with Crippen molar-refractivity contribution in [3.8, 4) is 0 Å². The molecule has 92 valence electrons. The summed E-state index contributed by atoms with van der Waals surface area (Å²) in [6.07, 6.45) is 5.12. The van der Waals surface area contributed by atoms with Gasteiger partial charge in [-0.05, 0) is 25.2 Å². The minimum atomic E-state index is -1.09. The van der Waals surface area contributed by atoms with Gasteiger partial charge in [-0.25, -0.2) is 14.8 Å². The molecule has 6 nitrogen and oxygen atoms in total. The van der Waals surface area contributed by atoms with E-state index >= 15 is 0 Å². The molecule has 1 aromatic heterocycles. The van der Waals surface area contributed by atoms with Gasteiger partial charge in [0, 0.05) is 18.9 Å². The Kier molecular flexibility index (Phi) is 3.53. The van der Waals surface area contributed by atoms with Gasteiger partial charge in [-0.15, -0.1) is 0 Å². The van der Waals surface area contributed by atoms with Gasteiger partial charge in [-0.3, -0.25) is 0 Å². The van der Waals surface area contributed by atoms with Gasteiger partial charge >= 0.3 is 5.97 Å². The van der Waals surface area contributed by atoms with Gasteiger partial charge in [0.25, 0.3) is 0 Å². The predicted molar refractivity (Wildman–Crippen MR) is 60.8 cm³/mol. The molecule has 2 unspecified atom stereocenters. The van der Waals surface area contributed by atoms with Crippen LogP contribution in [0.15, 0.2) is 12.4 Å². The Bertz CT molecular complexity index is 411. The molecule has 1 aliphatic carbocycles. The van der Waals surface area contributed by atoms with Crippen molar-refractivity contribution >= 4 is 11.8 Å². The molecule has 2 atom stereocenters. The summed E-state index contributed by atoms with van der Waals surface area (Å²) >= 11 is 0. The first-order valence-electron chi connectivity index (χ1n) is 5.63. The number of anilines is 1. The number of nitrogens with zero attached hydrogens (tertiary/aromatic N) is 2. The van der Waals surface area contributed by atoms with Crippen LogP contribution in [-0.4, -0.2) is 38.8 Å². The Morgan fingerprint density at radius 3 is 2.82 bits per heavy atom. The van der Waals surface area contributed by atoms with Crippen LogP contribution in [0, 0.1) is 5.92 Å². The topological polar surface area (TPSA) is 95.3 Å². The summed E-state index contributed by atoms with van der Waals surface area (Å²) in [7, 11) is 0. The minimum absolute atomic E-state index is 0.0638. The number of hydrogen-bond acceptors (Lipinski definition) is 5. The zero-order valence-electron chi connectivity index (χ0n) is 9.33. The number of aliphatic hydroxyl groups excluding tert-OH is 1. The lowest BCUT2D eigenvalue weighted by Crippen LogP contribution is -2.16. The molecule has 0 radical (unpaired) electrons. The van der Waals surface area contributed by atoms with E-state index in [0.29, 0.717) is 18.3 Å². The molecule has 0 aliphatic heterocycles. The average Bonchev–Trinajstić information content (AvgIpc) is 2.73. The minimum Gasteiger partial charge on any atom is -0.476 e. The van der Waals surface area contributed by atoms with Crippen molar-refractivity contribution in [1.82, 2.24) is 9.97 Å². The van der Waals surface area contributed by atoms with Crippen molar-refractivity contribution < 1.29 is 15.0 Å². The molecule has 17 heavy (non-hydrogen) atoms. The first-order chi connectivity index (χ1) is 8.16. The third kappa shape index (κ3) is 2.91. The molecule has 0 aromatic carbocycles. The first kappa shape index (κ1) is 11.8. The number of carboxylic acid groups (broad SMARTS) is 1. The van der Waals surface area contributed by atoms with Gasteiger partial charge in [-0.2, -0.15) is 0 Å². The molecule has 1 aliphatic rings. The molecule has 0 bridgehead atoms. The van der Waals surface area contributed by atoms with E-state index in [9.17, 15) is 9.90 Å². The number of aromatic nitrogens is 2. The number of hydrogen-bond donors (Lipinski definition) is 3. The zero-order chi connectivity index (χ0) is 12.3. The number of nitrogens with one attached hydrogen (secondary N) is 1. The van der Waals surface area contributed by atoms with Crippen LogP contribution in [0.3, 0.4) is 0 Å². The van der Waals surface area contributed by atoms with Gasteiger partial charge < -0.3 is 15.5 Å². The molecule has 0 spiro atoms. The highest BCUT2D eigenvalue weighted by atomic mass is 16.4. The summed E-state index contributed by atoms with van der Waals surface area (Å²) in [6.45, 7) is 0.621. The summed E-state index contributed by atoms with van der Waals surface area (Å²) in [4.78, 5) is 18.6. The van der Waals surface area contributed by atoms with E-state index in [2.05, 4.69) is 15.3 Å². The van der Waals surface area contributed by atoms with Crippen LogP contribution in [-0.2, 0) is 0 Å². The molecule has 0 saturated heterocycles. The van der Waals surface area contributed by atoms with Gasteiger partial charge in [-0.1, -0.05) is 0 Å². The Morgan fingerprint density at radius 2 is 2.18 bits per heavy atom. The van der Waals surface area contributed by atoms with E-state index in [-0.39, 0.29) is 11.8 Å². The summed E-state index contributed by atoms with van der Waals surface area (Å²) in [5.41, 5.74) is -0.0638. The lowest BCUT2D eigenvalue weighted by Gasteiger charge is -2.12. The zero-order valence-corrected chi connectivity index (χ0v) is 9.33. The molecule has 2 rings (SSSR count). The quantitative estimate of drug-likeness (QED) is 0.715. The highest BCUT2D eigenvalue weighted by Gasteiger charge is 2.23. The molecular weight excluding hydrogens is 222 g/mol.